The number of guanidine groups is 2. The van der Waals surface area contributed by atoms with Crippen LogP contribution in [-0.2, 0) is 43.2 Å². The van der Waals surface area contributed by atoms with E-state index in [1.165, 1.54) is 18.7 Å². The number of primary amides is 1. The second-order valence-electron chi connectivity index (χ2n) is 16.0. The van der Waals surface area contributed by atoms with E-state index >= 15 is 0 Å². The summed E-state index contributed by atoms with van der Waals surface area (Å²) in [5, 5.41) is 29.0. The fraction of sp³-hybridized carbons (Fsp3) is 0.711. The number of aliphatic hydroxyl groups excluding tert-OH is 1. The first-order valence-corrected chi connectivity index (χ1v) is 25.2. The maximum atomic E-state index is 14.3. The Morgan fingerprint density at radius 3 is 1.88 bits per heavy atom. The number of aliphatic hydroxyl groups is 1. The van der Waals surface area contributed by atoms with Crippen LogP contribution in [0.25, 0.3) is 0 Å². The van der Waals surface area contributed by atoms with Crippen LogP contribution in [0.2, 0.25) is 0 Å². The smallest absolute Gasteiger partial charge is 0.245 e. The van der Waals surface area contributed by atoms with Gasteiger partial charge in [-0.15, -0.1) is 0 Å². The first-order valence-electron chi connectivity index (χ1n) is 21.3. The Morgan fingerprint density at radius 1 is 0.773 bits per heavy atom. The van der Waals surface area contributed by atoms with E-state index in [0.29, 0.717) is 5.75 Å². The van der Waals surface area contributed by atoms with Gasteiger partial charge in [0.05, 0.1) is 12.6 Å². The van der Waals surface area contributed by atoms with Crippen LogP contribution in [0.15, 0.2) is 9.98 Å². The summed E-state index contributed by atoms with van der Waals surface area (Å²) in [5.74, 6) is -7.20. The zero-order chi connectivity index (χ0) is 49.5. The van der Waals surface area contributed by atoms with Gasteiger partial charge >= 0.3 is 0 Å². The molecule has 2 fully saturated rings. The third kappa shape index (κ3) is 21.0. The maximum absolute atomic E-state index is 14.3. The van der Waals surface area contributed by atoms with Crippen LogP contribution in [0.4, 0.5) is 0 Å². The van der Waals surface area contributed by atoms with E-state index < -0.39 is 108 Å². The van der Waals surface area contributed by atoms with E-state index in [1.54, 1.807) is 20.1 Å². The summed E-state index contributed by atoms with van der Waals surface area (Å²) in [6.45, 7) is 4.03. The average Bonchev–Trinajstić information content (AvgIpc) is 3.63. The van der Waals surface area contributed by atoms with E-state index in [9.17, 15) is 48.3 Å². The van der Waals surface area contributed by atoms with Gasteiger partial charge in [0.2, 0.25) is 53.2 Å². The molecule has 25 nitrogen and oxygen atoms in total. The molecule has 0 unspecified atom stereocenters. The Balaban J connectivity index is 2.65. The number of rotatable bonds is 15. The lowest BCUT2D eigenvalue weighted by atomic mass is 10.0. The van der Waals surface area contributed by atoms with Crippen LogP contribution in [0.3, 0.4) is 0 Å². The number of thioether (sulfide) groups is 1. The molecule has 66 heavy (non-hydrogen) atoms. The number of carbonyl (C=O) groups excluding carboxylic acids is 9. The minimum atomic E-state index is -1.33. The van der Waals surface area contributed by atoms with E-state index in [-0.39, 0.29) is 93.9 Å². The Kier molecular flexibility index (Phi) is 25.4. The van der Waals surface area contributed by atoms with Crippen LogP contribution in [-0.4, -0.2) is 173 Å². The SMILES string of the molecule is CSCC[C@@H]1NC(=O)[C@H](NC(C)=O)CSSC[C@@H](C(N)=O)NC(=O)CNC(=O)[C@H](CCCN=C(N)N)NC(=O)[C@H](CC(C)C)NC(=O)[C@H](CCCN=C(N)N)NC(=O)[C@@H]2C[C@@H](O)CN2C1=O. The summed E-state index contributed by atoms with van der Waals surface area (Å²) < 4.78 is 0. The quantitative estimate of drug-likeness (QED) is 0.0316. The van der Waals surface area contributed by atoms with Crippen molar-refractivity contribution in [3.8, 4) is 0 Å². The summed E-state index contributed by atoms with van der Waals surface area (Å²) in [5.41, 5.74) is 27.5. The molecule has 2 aliphatic rings. The molecule has 0 radical (unpaired) electrons. The summed E-state index contributed by atoms with van der Waals surface area (Å²) in [6, 6.07) is -8.79. The molecular formula is C38H67N15O10S3. The second-order valence-corrected chi connectivity index (χ2v) is 19.5. The van der Waals surface area contributed by atoms with Gasteiger partial charge in [0.25, 0.3) is 0 Å². The Hall–Kier alpha value is -5.22. The van der Waals surface area contributed by atoms with E-state index in [1.807, 2.05) is 0 Å². The van der Waals surface area contributed by atoms with Gasteiger partial charge in [-0.25, -0.2) is 0 Å². The molecule has 0 aromatic rings. The van der Waals surface area contributed by atoms with Crippen LogP contribution < -0.4 is 65.9 Å². The first kappa shape index (κ1) is 56.9. The lowest BCUT2D eigenvalue weighted by Crippen LogP contribution is -2.60. The molecular weight excluding hydrogens is 923 g/mol. The summed E-state index contributed by atoms with van der Waals surface area (Å²) in [4.78, 5) is 130. The number of hydrogen-bond acceptors (Lipinski definition) is 15. The molecule has 9 amide bonds. The van der Waals surface area contributed by atoms with E-state index in [0.717, 1.165) is 26.5 Å². The van der Waals surface area contributed by atoms with E-state index in [4.69, 9.17) is 28.7 Å². The molecule has 0 saturated carbocycles. The fourth-order valence-corrected chi connectivity index (χ4v) is 9.54. The Bertz CT molecular complexity index is 1770. The molecule has 2 heterocycles. The molecule has 8 atom stereocenters. The molecule has 18 N–H and O–H groups in total. The van der Waals surface area contributed by atoms with Gasteiger partial charge in [-0.05, 0) is 56.5 Å². The highest BCUT2D eigenvalue weighted by Crippen LogP contribution is 2.24. The largest absolute Gasteiger partial charge is 0.391 e. The van der Waals surface area contributed by atoms with Crippen molar-refractivity contribution in [1.82, 2.24) is 42.1 Å². The third-order valence-electron chi connectivity index (χ3n) is 9.94. The topological polar surface area (TPSA) is 416 Å². The van der Waals surface area contributed by atoms with Gasteiger partial charge in [-0.1, -0.05) is 35.4 Å². The molecule has 2 aliphatic heterocycles. The van der Waals surface area contributed by atoms with Crippen LogP contribution in [0.1, 0.15) is 65.7 Å². The Morgan fingerprint density at radius 2 is 1.32 bits per heavy atom. The number of carbonyl (C=O) groups is 9. The summed E-state index contributed by atoms with van der Waals surface area (Å²) >= 11 is 1.39. The highest BCUT2D eigenvalue weighted by Gasteiger charge is 2.43. The van der Waals surface area contributed by atoms with Gasteiger partial charge in [-0.2, -0.15) is 11.8 Å². The van der Waals surface area contributed by atoms with Crippen molar-refractivity contribution in [2.24, 2.45) is 44.6 Å². The normalized spacial score (nSPS) is 25.8. The maximum Gasteiger partial charge on any atom is 0.245 e. The van der Waals surface area contributed by atoms with E-state index in [2.05, 4.69) is 47.2 Å². The number of nitrogens with zero attached hydrogens (tertiary/aromatic N) is 3. The van der Waals surface area contributed by atoms with Crippen molar-refractivity contribution >= 4 is 98.4 Å². The van der Waals surface area contributed by atoms with Crippen molar-refractivity contribution in [2.75, 3.05) is 49.7 Å². The summed E-state index contributed by atoms with van der Waals surface area (Å²) in [7, 11) is 2.11. The van der Waals surface area contributed by atoms with Gasteiger partial charge in [0, 0.05) is 44.5 Å². The van der Waals surface area contributed by atoms with Gasteiger partial charge in [-0.3, -0.25) is 53.1 Å². The van der Waals surface area contributed by atoms with Crippen LogP contribution in [0.5, 0.6) is 0 Å². The lowest BCUT2D eigenvalue weighted by Gasteiger charge is -2.31. The van der Waals surface area contributed by atoms with Gasteiger partial charge in [0.1, 0.15) is 42.3 Å². The number of aliphatic imine (C=N–C) groups is 2. The molecule has 0 bridgehead atoms. The average molecular weight is 990 g/mol. The molecule has 372 valence electrons. The van der Waals surface area contributed by atoms with Crippen molar-refractivity contribution in [3.05, 3.63) is 0 Å². The van der Waals surface area contributed by atoms with Crippen molar-refractivity contribution in [2.45, 2.75) is 114 Å². The predicted octanol–water partition coefficient (Wildman–Crippen LogP) is -5.22. The predicted molar refractivity (Wildman–Crippen MR) is 253 cm³/mol. The summed E-state index contributed by atoms with van der Waals surface area (Å²) in [6.07, 6.45) is 0.929. The second kappa shape index (κ2) is 29.4. The highest BCUT2D eigenvalue weighted by molar-refractivity contribution is 8.76. The zero-order valence-electron chi connectivity index (χ0n) is 37.7. The van der Waals surface area contributed by atoms with Crippen molar-refractivity contribution in [3.63, 3.8) is 0 Å². The molecule has 2 rings (SSSR count). The first-order chi connectivity index (χ1) is 31.1. The van der Waals surface area contributed by atoms with Crippen LogP contribution in [0, 0.1) is 5.92 Å². The van der Waals surface area contributed by atoms with Crippen molar-refractivity contribution < 1.29 is 48.3 Å². The number of nitrogens with one attached hydrogen (secondary N) is 7. The molecule has 0 aliphatic carbocycles. The minimum absolute atomic E-state index is 0.0162. The molecule has 2 saturated heterocycles. The third-order valence-corrected chi connectivity index (χ3v) is 13.0. The van der Waals surface area contributed by atoms with Gasteiger partial charge < -0.3 is 75.9 Å². The Labute approximate surface area is 395 Å². The van der Waals surface area contributed by atoms with Gasteiger partial charge in [0.15, 0.2) is 11.9 Å². The number of fused-ring (bicyclic) bond motifs is 1. The number of nitrogens with two attached hydrogens (primary N) is 5. The van der Waals surface area contributed by atoms with Crippen LogP contribution >= 0.6 is 33.3 Å². The standard InChI is InChI=1S/C38H67N15O10S3/c1-19(2)13-25-33(60)49-22(7-5-10-44-37(40)41)31(58)46-15-29(56)48-26(30(39)57)17-65-66-18-27(47-20(3)54)34(61)51-24(9-12-64-4)36(63)53-16-21(55)14-28(53)35(62)50-23(32(59)52-25)8-6-11-45-38(42)43/h19,21-28,55H,5-18H2,1-4H3,(H2,39,57)(H,46,58)(H,47,54)(H,48,56)(H,49,60)(H,50,62)(H,51,61)(H,52,59)(H4,40,41,44)(H4,42,43,45)/t21-,22+,23+,24+,25+,26+,27-,28+/m1/s1. The molecule has 28 heteroatoms. The molecule has 0 aromatic carbocycles. The molecule has 0 spiro atoms. The van der Waals surface area contributed by atoms with Crippen molar-refractivity contribution in [1.29, 1.82) is 0 Å². The highest BCUT2D eigenvalue weighted by atomic mass is 33.1. The number of amides is 9. The monoisotopic (exact) mass is 989 g/mol. The fourth-order valence-electron chi connectivity index (χ4n) is 6.72. The zero-order valence-corrected chi connectivity index (χ0v) is 40.1. The lowest BCUT2D eigenvalue weighted by molar-refractivity contribution is -0.142. The molecule has 0 aromatic heterocycles. The number of hydrogen-bond donors (Lipinski definition) is 13. The minimum Gasteiger partial charge on any atom is -0.391 e.